The highest BCUT2D eigenvalue weighted by molar-refractivity contribution is 5.99. The molecular formula is C22H22N2O3. The van der Waals surface area contributed by atoms with Crippen LogP contribution in [0.15, 0.2) is 45.9 Å². The largest absolute Gasteiger partial charge is 0.450 e. The van der Waals surface area contributed by atoms with Crippen molar-refractivity contribution in [3.05, 3.63) is 74.9 Å². The second-order valence-corrected chi connectivity index (χ2v) is 7.64. The quantitative estimate of drug-likeness (QED) is 0.706. The zero-order valence-corrected chi connectivity index (χ0v) is 15.9. The van der Waals surface area contributed by atoms with Crippen LogP contribution in [-0.2, 0) is 0 Å². The van der Waals surface area contributed by atoms with E-state index in [1.807, 2.05) is 38.1 Å². The van der Waals surface area contributed by atoms with Gasteiger partial charge in [0, 0.05) is 18.9 Å². The van der Waals surface area contributed by atoms with Gasteiger partial charge in [-0.15, -0.1) is 0 Å². The fourth-order valence-electron chi connectivity index (χ4n) is 3.75. The van der Waals surface area contributed by atoms with Crippen LogP contribution in [0.3, 0.4) is 0 Å². The molecule has 138 valence electrons. The van der Waals surface area contributed by atoms with E-state index < -0.39 is 6.04 Å². The Hall–Kier alpha value is -2.95. The predicted octanol–water partition coefficient (Wildman–Crippen LogP) is 4.01. The highest BCUT2D eigenvalue weighted by atomic mass is 16.3. The maximum Gasteiger partial charge on any atom is 0.290 e. The predicted molar refractivity (Wildman–Crippen MR) is 104 cm³/mol. The van der Waals surface area contributed by atoms with E-state index in [2.05, 4.69) is 18.8 Å². The first-order valence-corrected chi connectivity index (χ1v) is 9.17. The number of amides is 1. The van der Waals surface area contributed by atoms with Crippen LogP contribution in [0.25, 0.3) is 11.0 Å². The van der Waals surface area contributed by atoms with Crippen LogP contribution in [-0.4, -0.2) is 22.3 Å². The third-order valence-corrected chi connectivity index (χ3v) is 5.17. The van der Waals surface area contributed by atoms with Crippen LogP contribution in [0, 0.1) is 19.8 Å². The molecule has 0 radical (unpaired) electrons. The van der Waals surface area contributed by atoms with Crippen molar-refractivity contribution >= 4 is 16.9 Å². The van der Waals surface area contributed by atoms with Crippen molar-refractivity contribution < 1.29 is 9.21 Å². The molecule has 27 heavy (non-hydrogen) atoms. The number of benzene rings is 1. The van der Waals surface area contributed by atoms with Crippen molar-refractivity contribution in [2.24, 2.45) is 5.92 Å². The Morgan fingerprint density at radius 2 is 1.78 bits per heavy atom. The highest BCUT2D eigenvalue weighted by Gasteiger charge is 2.42. The van der Waals surface area contributed by atoms with E-state index in [-0.39, 0.29) is 23.0 Å². The van der Waals surface area contributed by atoms with E-state index in [9.17, 15) is 9.59 Å². The number of carbonyl (C=O) groups excluding carboxylic acids is 1. The Morgan fingerprint density at radius 3 is 2.44 bits per heavy atom. The molecule has 0 bridgehead atoms. The zero-order valence-electron chi connectivity index (χ0n) is 15.9. The van der Waals surface area contributed by atoms with Gasteiger partial charge < -0.3 is 9.32 Å². The van der Waals surface area contributed by atoms with Gasteiger partial charge in [-0.25, -0.2) is 0 Å². The Morgan fingerprint density at radius 1 is 1.11 bits per heavy atom. The van der Waals surface area contributed by atoms with Gasteiger partial charge in [-0.05, 0) is 60.7 Å². The van der Waals surface area contributed by atoms with Crippen LogP contribution in [0.5, 0.6) is 0 Å². The van der Waals surface area contributed by atoms with Crippen molar-refractivity contribution in [1.29, 1.82) is 0 Å². The minimum Gasteiger partial charge on any atom is -0.450 e. The molecule has 1 amide bonds. The molecule has 4 rings (SSSR count). The van der Waals surface area contributed by atoms with Crippen LogP contribution in [0.1, 0.15) is 52.7 Å². The molecule has 0 spiro atoms. The fourth-order valence-corrected chi connectivity index (χ4v) is 3.75. The Bertz CT molecular complexity index is 1100. The number of aromatic nitrogens is 1. The molecule has 0 saturated carbocycles. The van der Waals surface area contributed by atoms with Gasteiger partial charge in [0.25, 0.3) is 5.91 Å². The summed E-state index contributed by atoms with van der Waals surface area (Å²) in [5.41, 5.74) is 3.70. The zero-order chi connectivity index (χ0) is 19.3. The van der Waals surface area contributed by atoms with Gasteiger partial charge in [-0.3, -0.25) is 14.6 Å². The number of aryl methyl sites for hydroxylation is 2. The summed E-state index contributed by atoms with van der Waals surface area (Å²) in [6, 6.07) is 6.96. The lowest BCUT2D eigenvalue weighted by Crippen LogP contribution is -2.32. The van der Waals surface area contributed by atoms with Gasteiger partial charge in [0.05, 0.1) is 17.0 Å². The number of hydrogen-bond donors (Lipinski definition) is 0. The maximum atomic E-state index is 13.4. The molecule has 3 aromatic rings. The van der Waals surface area contributed by atoms with Crippen LogP contribution >= 0.6 is 0 Å². The second kappa shape index (κ2) is 6.34. The standard InChI is InChI=1S/C22H22N2O3/c1-12(2)11-24-19(15-5-7-23-8-6-15)18-20(25)16-9-13(3)14(4)10-17(16)27-21(18)22(24)26/h5-10,12,19H,11H2,1-4H3. The fraction of sp³-hybridized carbons (Fsp3) is 0.318. The third-order valence-electron chi connectivity index (χ3n) is 5.17. The van der Waals surface area contributed by atoms with Crippen molar-refractivity contribution in [3.8, 4) is 0 Å². The van der Waals surface area contributed by atoms with Crippen molar-refractivity contribution in [3.63, 3.8) is 0 Å². The van der Waals surface area contributed by atoms with Gasteiger partial charge in [-0.1, -0.05) is 13.8 Å². The summed E-state index contributed by atoms with van der Waals surface area (Å²) in [5, 5.41) is 0.523. The molecule has 0 saturated heterocycles. The minimum atomic E-state index is -0.444. The summed E-state index contributed by atoms with van der Waals surface area (Å²) in [4.78, 5) is 32.3. The number of fused-ring (bicyclic) bond motifs is 2. The number of carbonyl (C=O) groups is 1. The molecule has 2 aromatic heterocycles. The van der Waals surface area contributed by atoms with E-state index in [1.54, 1.807) is 17.3 Å². The highest BCUT2D eigenvalue weighted by Crippen LogP contribution is 2.38. The lowest BCUT2D eigenvalue weighted by molar-refractivity contribution is 0.0706. The Labute approximate surface area is 157 Å². The summed E-state index contributed by atoms with van der Waals surface area (Å²) in [6.07, 6.45) is 3.36. The molecule has 1 unspecified atom stereocenters. The van der Waals surface area contributed by atoms with Crippen molar-refractivity contribution in [2.75, 3.05) is 6.54 Å². The van der Waals surface area contributed by atoms with Gasteiger partial charge in [-0.2, -0.15) is 0 Å². The summed E-state index contributed by atoms with van der Waals surface area (Å²) in [7, 11) is 0. The molecule has 3 heterocycles. The van der Waals surface area contributed by atoms with Crippen LogP contribution < -0.4 is 5.43 Å². The Balaban J connectivity index is 2.02. The second-order valence-electron chi connectivity index (χ2n) is 7.64. The van der Waals surface area contributed by atoms with E-state index in [0.29, 0.717) is 23.1 Å². The average Bonchev–Trinajstić information content (AvgIpc) is 2.90. The first kappa shape index (κ1) is 17.5. The molecule has 0 N–H and O–H groups in total. The average molecular weight is 362 g/mol. The minimum absolute atomic E-state index is 0.129. The third kappa shape index (κ3) is 2.74. The van der Waals surface area contributed by atoms with Crippen LogP contribution in [0.2, 0.25) is 0 Å². The molecule has 0 fully saturated rings. The first-order valence-electron chi connectivity index (χ1n) is 9.17. The maximum absolute atomic E-state index is 13.4. The molecule has 1 aromatic carbocycles. The van der Waals surface area contributed by atoms with Gasteiger partial charge in [0.1, 0.15) is 5.58 Å². The van der Waals surface area contributed by atoms with E-state index in [0.717, 1.165) is 16.7 Å². The van der Waals surface area contributed by atoms with E-state index >= 15 is 0 Å². The lowest BCUT2D eigenvalue weighted by Gasteiger charge is -2.26. The topological polar surface area (TPSA) is 63.4 Å². The summed E-state index contributed by atoms with van der Waals surface area (Å²) in [5.74, 6) is 0.206. The smallest absolute Gasteiger partial charge is 0.290 e. The molecular weight excluding hydrogens is 340 g/mol. The number of rotatable bonds is 3. The van der Waals surface area contributed by atoms with E-state index in [4.69, 9.17) is 4.42 Å². The normalized spacial score (nSPS) is 16.4. The van der Waals surface area contributed by atoms with Gasteiger partial charge in [0.15, 0.2) is 5.43 Å². The molecule has 1 aliphatic heterocycles. The number of nitrogens with zero attached hydrogens (tertiary/aromatic N) is 2. The molecule has 1 aliphatic rings. The SMILES string of the molecule is Cc1cc2oc3c(c(=O)c2cc1C)C(c1ccncc1)N(CC(C)C)C3=O. The lowest BCUT2D eigenvalue weighted by atomic mass is 9.98. The van der Waals surface area contributed by atoms with Crippen molar-refractivity contribution in [2.45, 2.75) is 33.7 Å². The number of pyridine rings is 1. The molecule has 5 nitrogen and oxygen atoms in total. The van der Waals surface area contributed by atoms with Crippen LogP contribution in [0.4, 0.5) is 0 Å². The monoisotopic (exact) mass is 362 g/mol. The van der Waals surface area contributed by atoms with E-state index in [1.165, 1.54) is 0 Å². The van der Waals surface area contributed by atoms with Gasteiger partial charge >= 0.3 is 0 Å². The molecule has 5 heteroatoms. The van der Waals surface area contributed by atoms with Gasteiger partial charge in [0.2, 0.25) is 5.76 Å². The number of hydrogen-bond acceptors (Lipinski definition) is 4. The molecule has 1 atom stereocenters. The molecule has 0 aliphatic carbocycles. The summed E-state index contributed by atoms with van der Waals surface area (Å²) < 4.78 is 5.99. The first-order chi connectivity index (χ1) is 12.9. The summed E-state index contributed by atoms with van der Waals surface area (Å²) in [6.45, 7) is 8.59. The summed E-state index contributed by atoms with van der Waals surface area (Å²) >= 11 is 0. The Kier molecular flexibility index (Phi) is 4.10. The van der Waals surface area contributed by atoms with Crippen molar-refractivity contribution in [1.82, 2.24) is 9.88 Å².